The molecule has 0 radical (unpaired) electrons. The van der Waals surface area contributed by atoms with Crippen LogP contribution in [-0.2, 0) is 141 Å². The molecule has 12 N–H and O–H groups in total. The van der Waals surface area contributed by atoms with Crippen LogP contribution in [0.2, 0.25) is 0 Å². The molecule has 0 spiro atoms. The Kier molecular flexibility index (Phi) is 42.5. The molecule has 3 aliphatic heterocycles. The molecule has 4 aromatic carbocycles. The van der Waals surface area contributed by atoms with Crippen LogP contribution in [0.25, 0.3) is 11.1 Å². The van der Waals surface area contributed by atoms with Gasteiger partial charge in [-0.3, -0.25) is 24.4 Å². The van der Waals surface area contributed by atoms with Crippen molar-refractivity contribution < 1.29 is 162 Å². The lowest BCUT2D eigenvalue weighted by Crippen LogP contribution is -2.54. The zero-order valence-corrected chi connectivity index (χ0v) is 86.4. The van der Waals surface area contributed by atoms with Crippen LogP contribution >= 0.6 is 22.7 Å². The topological polar surface area (TPSA) is 610 Å². The number of pyridine rings is 1. The Balaban J connectivity index is 0.000000307. The molecule has 0 bridgehead atoms. The van der Waals surface area contributed by atoms with Crippen LogP contribution in [0.5, 0.6) is 0 Å². The number of urea groups is 1. The highest BCUT2D eigenvalue weighted by Gasteiger charge is 2.57. The van der Waals surface area contributed by atoms with Gasteiger partial charge in [0.25, 0.3) is 39.2 Å². The molecule has 3 amide bonds. The van der Waals surface area contributed by atoms with Gasteiger partial charge in [0, 0.05) is 144 Å². The summed E-state index contributed by atoms with van der Waals surface area (Å²) in [7, 11) is 5.18. The van der Waals surface area contributed by atoms with E-state index in [0.717, 1.165) is 31.7 Å². The van der Waals surface area contributed by atoms with Crippen molar-refractivity contribution in [2.45, 2.75) is 256 Å². The maximum Gasteiger partial charge on any atom is 0.348 e. The molecule has 0 unspecified atom stereocenters. The van der Waals surface area contributed by atoms with Crippen LogP contribution in [0.4, 0.5) is 21.9 Å². The zero-order chi connectivity index (χ0) is 109. The molecule has 3 aromatic heterocycles. The van der Waals surface area contributed by atoms with Gasteiger partial charge in [-0.1, -0.05) is 60.7 Å². The summed E-state index contributed by atoms with van der Waals surface area (Å²) < 4.78 is 39.0. The molecule has 44 heteroatoms. The van der Waals surface area contributed by atoms with Crippen molar-refractivity contribution in [1.82, 2.24) is 24.3 Å². The lowest BCUT2D eigenvalue weighted by atomic mass is 9.92. The third kappa shape index (κ3) is 34.6. The number of carbonyl (C=O) groups excluding carboxylic acids is 2. The number of ether oxygens (including phenoxy) is 7. The molecule has 6 heterocycles. The molecule has 790 valence electrons. The van der Waals surface area contributed by atoms with Gasteiger partial charge in [-0.2, -0.15) is 0 Å². The summed E-state index contributed by atoms with van der Waals surface area (Å²) in [4.78, 5) is 194. The van der Waals surface area contributed by atoms with Crippen molar-refractivity contribution in [2.75, 3.05) is 88.3 Å². The number of carboxylic acid groups (broad SMARTS) is 12. The number of piperazine rings is 1. The standard InChI is InChI=1S/C22H27NO7.2C19H26N2O6.C18H25NO5.2C11H15NO5S/c1-21(2,3)30-22(19(25)26,20(27)28)14-15-7-9-16(10-8-15)17-6-5-11-23(18(17)24)12-13-29-4;1-18(2,3)27-19(15(22)23,16(24)25)12-13-6-8-14(9-7-13)21-11-5-10-20(4)17(21)26;1-18(2,3)27-19(16(23)24,17(25)26)11-13-5-7-14(8-6-13)21-10-9-20(4)12-15(21)22;1-17(2,3)24-18(15(20)21,16(22)23)12-13-6-8-14(9-7-13)19-10-4-5-11-19;1-10(2,3)17-11(8(13)14,9(15)16)4-7-5-18-6-12-7;1-10(2,3)17-11(8(13)14,9(15)16)4-7-5-12-6-18-7/h5-11H,12-14H2,1-4H3,(H,25,26)(H,27,28);6-9H,5,10-12H2,1-4H3,(H,22,23)(H,24,25);5-8H,9-12H2,1-4H3,(H,23,24)(H,25,26);6-9H,4-5,10-12H2,1-3H3,(H,20,21)(H,22,23);2*5-6H,4H2,1-3H3,(H,13,14)(H,15,16). The number of thiazole rings is 2. The zero-order valence-electron chi connectivity index (χ0n) is 84.7. The third-order valence-corrected chi connectivity index (χ3v) is 22.6. The van der Waals surface area contributed by atoms with Crippen molar-refractivity contribution in [1.29, 1.82) is 0 Å². The molecule has 0 saturated carbocycles. The highest BCUT2D eigenvalue weighted by atomic mass is 32.1. The number of carbonyl (C=O) groups is 14. The quantitative estimate of drug-likeness (QED) is 0.0161. The van der Waals surface area contributed by atoms with E-state index < -0.39 is 139 Å². The van der Waals surface area contributed by atoms with Crippen LogP contribution in [0.1, 0.15) is 177 Å². The summed E-state index contributed by atoms with van der Waals surface area (Å²) in [6, 6.07) is 30.6. The van der Waals surface area contributed by atoms with Gasteiger partial charge >= 0.3 is 77.7 Å². The number of hydrogen-bond donors (Lipinski definition) is 12. The molecule has 42 nitrogen and oxygen atoms in total. The van der Waals surface area contributed by atoms with Crippen LogP contribution < -0.4 is 20.3 Å². The normalized spacial score (nSPS) is 14.2. The number of nitrogens with zero attached hydrogens (tertiary/aromatic N) is 8. The first-order valence-electron chi connectivity index (χ1n) is 45.5. The second-order valence-electron chi connectivity index (χ2n) is 40.2. The highest BCUT2D eigenvalue weighted by molar-refractivity contribution is 7.09. The molecular formula is C100H134N8O34S2. The van der Waals surface area contributed by atoms with Gasteiger partial charge in [0.2, 0.25) is 5.91 Å². The van der Waals surface area contributed by atoms with E-state index >= 15 is 0 Å². The van der Waals surface area contributed by atoms with Gasteiger partial charge in [0.15, 0.2) is 0 Å². The first-order valence-corrected chi connectivity index (χ1v) is 47.3. The van der Waals surface area contributed by atoms with E-state index in [1.807, 2.05) is 24.1 Å². The predicted molar refractivity (Wildman–Crippen MR) is 528 cm³/mol. The summed E-state index contributed by atoms with van der Waals surface area (Å²) >= 11 is 2.46. The van der Waals surface area contributed by atoms with E-state index in [4.69, 9.17) is 33.2 Å². The van der Waals surface area contributed by atoms with Crippen molar-refractivity contribution in [3.63, 3.8) is 0 Å². The number of hydrogen-bond acceptors (Lipinski definition) is 28. The Morgan fingerprint density at radius 3 is 1.02 bits per heavy atom. The van der Waals surface area contributed by atoms with Gasteiger partial charge in [0.1, 0.15) is 0 Å². The Morgan fingerprint density at radius 2 is 0.708 bits per heavy atom. The first-order chi connectivity index (χ1) is 66.4. The van der Waals surface area contributed by atoms with Crippen LogP contribution in [-0.4, -0.2) is 310 Å². The minimum absolute atomic E-state index is 0.0158. The molecule has 3 fully saturated rings. The Labute approximate surface area is 841 Å². The van der Waals surface area contributed by atoms with E-state index in [-0.39, 0.29) is 56.0 Å². The largest absolute Gasteiger partial charge is 0.479 e. The van der Waals surface area contributed by atoms with Gasteiger partial charge < -0.3 is 114 Å². The second-order valence-corrected chi connectivity index (χ2v) is 41.9. The first kappa shape index (κ1) is 121. The van der Waals surface area contributed by atoms with Crippen LogP contribution in [0.3, 0.4) is 0 Å². The number of aliphatic carboxylic acids is 12. The fraction of sp³-hybridized carbons (Fsp3) is 0.510. The number of rotatable bonds is 37. The SMILES string of the molecule is CC(C)(C)OC(Cc1ccc(N2CCCC2)cc1)(C(=O)O)C(=O)O.CC(C)(C)OC(Cc1cncs1)(C(=O)O)C(=O)O.CC(C)(C)OC(Cc1cscn1)(C(=O)O)C(=O)O.CN1CCCN(c2ccc(CC(OC(C)(C)C)(C(=O)O)C(=O)O)cc2)C1=O.CN1CCN(c2ccc(CC(OC(C)(C)C)(C(=O)O)C(=O)O)cc2)C(=O)C1.COCCn1cccc(-c2ccc(CC(OC(C)(C)C)(C(=O)O)C(=O)O)cc2)c1=O. The van der Waals surface area contributed by atoms with Crippen molar-refractivity contribution in [3.05, 3.63) is 181 Å². The summed E-state index contributed by atoms with van der Waals surface area (Å²) in [6.07, 6.45) is 4.51. The average molecular weight is 2060 g/mol. The molecule has 10 rings (SSSR count). The van der Waals surface area contributed by atoms with Crippen molar-refractivity contribution >= 4 is 123 Å². The average Bonchev–Trinajstić information content (AvgIpc) is 1.50. The molecule has 0 aliphatic carbocycles. The predicted octanol–water partition coefficient (Wildman–Crippen LogP) is 11.2. The summed E-state index contributed by atoms with van der Waals surface area (Å²) in [5, 5.41) is 115. The Bertz CT molecular complexity index is 5460. The number of amides is 3. The number of methoxy groups -OCH3 is 1. The second kappa shape index (κ2) is 50.5. The van der Waals surface area contributed by atoms with Gasteiger partial charge in [0.05, 0.1) is 63.5 Å². The highest BCUT2D eigenvalue weighted by Crippen LogP contribution is 2.36. The number of carboxylic acids is 12. The Morgan fingerprint density at radius 1 is 0.375 bits per heavy atom. The maximum absolute atomic E-state index is 12.7. The molecule has 0 atom stereocenters. The molecule has 3 aliphatic rings. The third-order valence-electron chi connectivity index (χ3n) is 21.2. The smallest absolute Gasteiger partial charge is 0.348 e. The van der Waals surface area contributed by atoms with E-state index in [9.17, 15) is 133 Å². The van der Waals surface area contributed by atoms with Crippen LogP contribution in [0, 0.1) is 0 Å². The van der Waals surface area contributed by atoms with E-state index in [1.54, 1.807) is 267 Å². The fourth-order valence-electron chi connectivity index (χ4n) is 15.1. The summed E-state index contributed by atoms with van der Waals surface area (Å²) in [5.41, 5.74) is -10.8. The lowest BCUT2D eigenvalue weighted by molar-refractivity contribution is -0.200. The molecule has 3 saturated heterocycles. The summed E-state index contributed by atoms with van der Waals surface area (Å²) in [5.74, 6) is -18.4. The van der Waals surface area contributed by atoms with E-state index in [0.29, 0.717) is 94.7 Å². The van der Waals surface area contributed by atoms with Gasteiger partial charge in [-0.05, 0) is 227 Å². The molecule has 144 heavy (non-hydrogen) atoms. The lowest BCUT2D eigenvalue weighted by Gasteiger charge is -2.34. The number of anilines is 3. The fourth-order valence-corrected chi connectivity index (χ4v) is 16.3. The van der Waals surface area contributed by atoms with E-state index in [1.165, 1.54) is 52.7 Å². The minimum atomic E-state index is -2.42. The molecular weight excluding hydrogens is 1920 g/mol. The number of benzene rings is 4. The van der Waals surface area contributed by atoms with Crippen LogP contribution in [0.15, 0.2) is 143 Å². The number of aromatic nitrogens is 3. The minimum Gasteiger partial charge on any atom is -0.479 e. The summed E-state index contributed by atoms with van der Waals surface area (Å²) in [6.45, 7) is 34.8. The monoisotopic (exact) mass is 2050 g/mol. The van der Waals surface area contributed by atoms with Gasteiger partial charge in [-0.25, -0.2) is 67.3 Å². The molecule has 7 aromatic rings. The Hall–Kier alpha value is -13.1. The van der Waals surface area contributed by atoms with Gasteiger partial charge in [-0.15, -0.1) is 22.7 Å². The number of likely N-dealkylation sites (N-methyl/N-ethyl adjacent to an activating group) is 1. The van der Waals surface area contributed by atoms with E-state index in [2.05, 4.69) is 14.9 Å². The van der Waals surface area contributed by atoms with Crippen molar-refractivity contribution in [3.8, 4) is 11.1 Å². The van der Waals surface area contributed by atoms with Crippen molar-refractivity contribution in [2.24, 2.45) is 0 Å². The maximum atomic E-state index is 12.7.